The van der Waals surface area contributed by atoms with Gasteiger partial charge in [0.15, 0.2) is 18.1 Å². The topological polar surface area (TPSA) is 95.5 Å². The Morgan fingerprint density at radius 2 is 1.88 bits per heavy atom. The fraction of sp³-hybridized carbons (Fsp3) is 0.208. The molecule has 1 unspecified atom stereocenters. The lowest BCUT2D eigenvalue weighted by Gasteiger charge is -2.18. The number of nitrogens with zero attached hydrogens (tertiary/aromatic N) is 1. The maximum Gasteiger partial charge on any atom is 0.347 e. The van der Waals surface area contributed by atoms with Gasteiger partial charge in [0.05, 0.1) is 11.8 Å². The van der Waals surface area contributed by atoms with E-state index in [1.54, 1.807) is 19.1 Å². The van der Waals surface area contributed by atoms with E-state index in [0.29, 0.717) is 17.2 Å². The number of esters is 1. The molecule has 1 aromatic heterocycles. The zero-order valence-electron chi connectivity index (χ0n) is 17.9. The minimum Gasteiger partial charge on any atom is -0.454 e. The summed E-state index contributed by atoms with van der Waals surface area (Å²) in [5.74, 6) is 0.192. The first kappa shape index (κ1) is 22.3. The average Bonchev–Trinajstić information content (AvgIpc) is 3.53. The van der Waals surface area contributed by atoms with Gasteiger partial charge in [0, 0.05) is 10.4 Å². The lowest BCUT2D eigenvalue weighted by molar-refractivity contribution is -0.153. The van der Waals surface area contributed by atoms with E-state index in [-0.39, 0.29) is 12.8 Å². The zero-order valence-corrected chi connectivity index (χ0v) is 18.7. The van der Waals surface area contributed by atoms with Crippen LogP contribution in [0.3, 0.4) is 0 Å². The number of amides is 1. The molecule has 0 aliphatic carbocycles. The third kappa shape index (κ3) is 5.89. The summed E-state index contributed by atoms with van der Waals surface area (Å²) in [6.45, 7) is 1.10. The van der Waals surface area contributed by atoms with Crippen LogP contribution in [0.1, 0.15) is 29.0 Å². The van der Waals surface area contributed by atoms with Gasteiger partial charge >= 0.3 is 5.97 Å². The average molecular weight is 467 g/mol. The van der Waals surface area contributed by atoms with Gasteiger partial charge in [-0.15, -0.1) is 11.3 Å². The molecule has 0 fully saturated rings. The number of nitrogens with one attached hydrogen (secondary N) is 1. The Labute approximate surface area is 194 Å². The monoisotopic (exact) mass is 466 g/mol. The molecule has 1 aliphatic rings. The first-order valence-electron chi connectivity index (χ1n) is 10.2. The summed E-state index contributed by atoms with van der Waals surface area (Å²) in [5, 5.41) is 8.79. The third-order valence-electron chi connectivity index (χ3n) is 4.80. The quantitative estimate of drug-likeness (QED) is 0.294. The fourth-order valence-corrected chi connectivity index (χ4v) is 3.97. The van der Waals surface area contributed by atoms with Crippen LogP contribution in [0.5, 0.6) is 11.5 Å². The van der Waals surface area contributed by atoms with E-state index in [1.807, 2.05) is 53.9 Å². The summed E-state index contributed by atoms with van der Waals surface area (Å²) in [7, 11) is 0. The minimum absolute atomic E-state index is 0.185. The van der Waals surface area contributed by atoms with Gasteiger partial charge < -0.3 is 24.4 Å². The first-order valence-corrected chi connectivity index (χ1v) is 11.1. The van der Waals surface area contributed by atoms with E-state index in [4.69, 9.17) is 19.0 Å². The van der Waals surface area contributed by atoms with Crippen LogP contribution in [0.4, 0.5) is 0 Å². The molecule has 3 aromatic rings. The third-order valence-corrected chi connectivity index (χ3v) is 5.74. The van der Waals surface area contributed by atoms with Gasteiger partial charge in [-0.1, -0.05) is 41.6 Å². The second-order valence-corrected chi connectivity index (χ2v) is 8.08. The van der Waals surface area contributed by atoms with Crippen LogP contribution in [0.25, 0.3) is 0 Å². The number of benzene rings is 2. The molecule has 0 radical (unpaired) electrons. The highest BCUT2D eigenvalue weighted by atomic mass is 32.1. The van der Waals surface area contributed by atoms with Gasteiger partial charge in [0.25, 0.3) is 5.91 Å². The largest absolute Gasteiger partial charge is 0.454 e. The molecule has 1 atom stereocenters. The van der Waals surface area contributed by atoms with Crippen LogP contribution in [0.15, 0.2) is 71.2 Å². The predicted octanol–water partition coefficient (Wildman–Crippen LogP) is 3.67. The lowest BCUT2D eigenvalue weighted by Crippen LogP contribution is -2.33. The highest BCUT2D eigenvalue weighted by Gasteiger charge is 2.19. The summed E-state index contributed by atoms with van der Waals surface area (Å²) in [6, 6.07) is 18.5. The van der Waals surface area contributed by atoms with Crippen molar-refractivity contribution in [2.75, 3.05) is 20.0 Å². The normalized spacial score (nSPS) is 13.3. The van der Waals surface area contributed by atoms with E-state index >= 15 is 0 Å². The Kier molecular flexibility index (Phi) is 7.21. The number of thiophene rings is 1. The van der Waals surface area contributed by atoms with Gasteiger partial charge in [-0.05, 0) is 42.1 Å². The second kappa shape index (κ2) is 10.6. The van der Waals surface area contributed by atoms with Crippen molar-refractivity contribution in [1.82, 2.24) is 5.32 Å². The maximum absolute atomic E-state index is 12.4. The molecule has 0 saturated carbocycles. The Morgan fingerprint density at radius 1 is 1.06 bits per heavy atom. The van der Waals surface area contributed by atoms with Gasteiger partial charge in [-0.2, -0.15) is 0 Å². The highest BCUT2D eigenvalue weighted by molar-refractivity contribution is 7.10. The van der Waals surface area contributed by atoms with E-state index in [1.165, 1.54) is 11.3 Å². The Balaban J connectivity index is 1.25. The number of rotatable bonds is 9. The molecule has 4 rings (SSSR count). The summed E-state index contributed by atoms with van der Waals surface area (Å²) >= 11 is 1.54. The number of fused-ring (bicyclic) bond motifs is 1. The van der Waals surface area contributed by atoms with Crippen molar-refractivity contribution in [2.45, 2.75) is 13.0 Å². The van der Waals surface area contributed by atoms with Crippen molar-refractivity contribution in [3.63, 3.8) is 0 Å². The van der Waals surface area contributed by atoms with Crippen LogP contribution in [0, 0.1) is 0 Å². The molecular weight excluding hydrogens is 444 g/mol. The van der Waals surface area contributed by atoms with Crippen molar-refractivity contribution in [2.24, 2.45) is 5.16 Å². The number of carbonyl (C=O) groups excluding carboxylic acids is 2. The van der Waals surface area contributed by atoms with Crippen LogP contribution >= 0.6 is 11.3 Å². The molecule has 2 heterocycles. The van der Waals surface area contributed by atoms with Crippen molar-refractivity contribution in [3.05, 3.63) is 82.0 Å². The second-order valence-electron chi connectivity index (χ2n) is 7.11. The van der Waals surface area contributed by atoms with E-state index < -0.39 is 25.1 Å². The van der Waals surface area contributed by atoms with E-state index in [9.17, 15) is 9.59 Å². The van der Waals surface area contributed by atoms with Gasteiger partial charge in [0.1, 0.15) is 0 Å². The van der Waals surface area contributed by atoms with Crippen molar-refractivity contribution in [1.29, 1.82) is 0 Å². The SMILES string of the molecule is C/C(=N\OCC(=O)OCC(=O)NC(c1ccccc1)c1cccs1)c1ccc2c(c1)OCO2. The van der Waals surface area contributed by atoms with Gasteiger partial charge in [0.2, 0.25) is 13.4 Å². The molecular formula is C24H22N2O6S. The Hall–Kier alpha value is -3.85. The maximum atomic E-state index is 12.4. The number of oxime groups is 1. The van der Waals surface area contributed by atoms with E-state index in [2.05, 4.69) is 10.5 Å². The summed E-state index contributed by atoms with van der Waals surface area (Å²) in [4.78, 5) is 30.5. The van der Waals surface area contributed by atoms with Gasteiger partial charge in [-0.3, -0.25) is 4.79 Å². The molecule has 1 aliphatic heterocycles. The molecule has 33 heavy (non-hydrogen) atoms. The zero-order chi connectivity index (χ0) is 23.0. The molecule has 1 amide bonds. The van der Waals surface area contributed by atoms with E-state index in [0.717, 1.165) is 16.0 Å². The first-order chi connectivity index (χ1) is 16.1. The van der Waals surface area contributed by atoms with Crippen molar-refractivity contribution < 1.29 is 28.6 Å². The number of hydrogen-bond donors (Lipinski definition) is 1. The molecule has 1 N–H and O–H groups in total. The fourth-order valence-electron chi connectivity index (χ4n) is 3.17. The summed E-state index contributed by atoms with van der Waals surface area (Å²) in [6.07, 6.45) is 0. The molecule has 9 heteroatoms. The minimum atomic E-state index is -0.695. The van der Waals surface area contributed by atoms with Gasteiger partial charge in [-0.25, -0.2) is 4.79 Å². The molecule has 8 nitrogen and oxygen atoms in total. The standard InChI is InChI=1S/C24H22N2O6S/c1-16(18-9-10-19-20(12-18)31-15-30-19)26-32-14-23(28)29-13-22(27)25-24(21-8-5-11-33-21)17-6-3-2-4-7-17/h2-12,24H,13-15H2,1H3,(H,25,27)/b26-16+. The molecule has 0 bridgehead atoms. The summed E-state index contributed by atoms with van der Waals surface area (Å²) < 4.78 is 15.6. The van der Waals surface area contributed by atoms with Crippen molar-refractivity contribution in [3.8, 4) is 11.5 Å². The number of hydrogen-bond acceptors (Lipinski definition) is 8. The van der Waals surface area contributed by atoms with Crippen LogP contribution in [-0.2, 0) is 19.2 Å². The Bertz CT molecular complexity index is 1130. The number of carbonyl (C=O) groups is 2. The molecule has 0 saturated heterocycles. The predicted molar refractivity (Wildman–Crippen MR) is 122 cm³/mol. The molecule has 170 valence electrons. The van der Waals surface area contributed by atoms with Crippen LogP contribution in [0.2, 0.25) is 0 Å². The smallest absolute Gasteiger partial charge is 0.347 e. The van der Waals surface area contributed by atoms with Crippen LogP contribution in [-0.4, -0.2) is 37.6 Å². The Morgan fingerprint density at radius 3 is 2.67 bits per heavy atom. The molecule has 0 spiro atoms. The summed E-state index contributed by atoms with van der Waals surface area (Å²) in [5.41, 5.74) is 2.27. The molecule has 2 aromatic carbocycles. The van der Waals surface area contributed by atoms with Crippen LogP contribution < -0.4 is 14.8 Å². The van der Waals surface area contributed by atoms with Crippen molar-refractivity contribution >= 4 is 28.9 Å². The highest BCUT2D eigenvalue weighted by Crippen LogP contribution is 2.32. The lowest BCUT2D eigenvalue weighted by atomic mass is 10.1. The number of ether oxygens (including phenoxy) is 3.